The molecule has 2 nitrogen and oxygen atoms in total. The zero-order valence-electron chi connectivity index (χ0n) is 10.9. The SMILES string of the molecule is CSCC1C(c2ccccc2)NNC1c1cccs1. The maximum absolute atomic E-state index is 3.49. The van der Waals surface area contributed by atoms with Crippen molar-refractivity contribution in [1.29, 1.82) is 0 Å². The average Bonchev–Trinajstić information content (AvgIpc) is 3.09. The predicted octanol–water partition coefficient (Wildman–Crippen LogP) is 3.62. The van der Waals surface area contributed by atoms with Crippen LogP contribution in [0, 0.1) is 5.92 Å². The summed E-state index contributed by atoms with van der Waals surface area (Å²) in [6.07, 6.45) is 2.19. The zero-order valence-corrected chi connectivity index (χ0v) is 12.5. The highest BCUT2D eigenvalue weighted by Crippen LogP contribution is 2.39. The van der Waals surface area contributed by atoms with Crippen molar-refractivity contribution >= 4 is 23.1 Å². The van der Waals surface area contributed by atoms with Gasteiger partial charge in [0, 0.05) is 10.8 Å². The van der Waals surface area contributed by atoms with Gasteiger partial charge in [-0.2, -0.15) is 11.8 Å². The van der Waals surface area contributed by atoms with E-state index < -0.39 is 0 Å². The molecule has 1 saturated heterocycles. The van der Waals surface area contributed by atoms with Gasteiger partial charge in [-0.05, 0) is 29.0 Å². The van der Waals surface area contributed by atoms with E-state index in [1.807, 2.05) is 23.1 Å². The lowest BCUT2D eigenvalue weighted by atomic mass is 9.90. The van der Waals surface area contributed by atoms with Crippen LogP contribution in [0.5, 0.6) is 0 Å². The number of benzene rings is 1. The van der Waals surface area contributed by atoms with Crippen LogP contribution in [0.15, 0.2) is 47.8 Å². The molecule has 0 bridgehead atoms. The molecule has 2 N–H and O–H groups in total. The fourth-order valence-electron chi connectivity index (χ4n) is 2.71. The van der Waals surface area contributed by atoms with E-state index in [-0.39, 0.29) is 0 Å². The van der Waals surface area contributed by atoms with Crippen LogP contribution >= 0.6 is 23.1 Å². The molecule has 1 aliphatic heterocycles. The summed E-state index contributed by atoms with van der Waals surface area (Å²) in [4.78, 5) is 1.42. The van der Waals surface area contributed by atoms with Crippen molar-refractivity contribution in [3.8, 4) is 0 Å². The largest absolute Gasteiger partial charge is 0.249 e. The smallest absolute Gasteiger partial charge is 0.0610 e. The summed E-state index contributed by atoms with van der Waals surface area (Å²) in [6.45, 7) is 0. The van der Waals surface area contributed by atoms with Crippen LogP contribution in [0.1, 0.15) is 22.5 Å². The van der Waals surface area contributed by atoms with Gasteiger partial charge in [0.1, 0.15) is 0 Å². The first-order valence-corrected chi connectivity index (χ1v) is 8.76. The maximum Gasteiger partial charge on any atom is 0.0610 e. The third-order valence-corrected chi connectivity index (χ3v) is 5.29. The van der Waals surface area contributed by atoms with Crippen molar-refractivity contribution < 1.29 is 0 Å². The summed E-state index contributed by atoms with van der Waals surface area (Å²) in [7, 11) is 0. The molecule has 0 saturated carbocycles. The zero-order chi connectivity index (χ0) is 13.1. The summed E-state index contributed by atoms with van der Waals surface area (Å²) in [5, 5.41) is 2.16. The molecule has 2 aromatic rings. The van der Waals surface area contributed by atoms with Crippen molar-refractivity contribution in [1.82, 2.24) is 10.9 Å². The van der Waals surface area contributed by atoms with Crippen molar-refractivity contribution in [2.45, 2.75) is 12.1 Å². The second-order valence-corrected chi connectivity index (χ2v) is 6.68. The monoisotopic (exact) mass is 290 g/mol. The Balaban J connectivity index is 1.86. The van der Waals surface area contributed by atoms with Crippen LogP contribution in [0.25, 0.3) is 0 Å². The predicted molar refractivity (Wildman–Crippen MR) is 84.4 cm³/mol. The molecule has 1 aliphatic rings. The van der Waals surface area contributed by atoms with E-state index in [9.17, 15) is 0 Å². The summed E-state index contributed by atoms with van der Waals surface area (Å²) in [5.74, 6) is 1.73. The summed E-state index contributed by atoms with van der Waals surface area (Å²) in [6, 6.07) is 15.9. The Morgan fingerprint density at radius 1 is 1.05 bits per heavy atom. The van der Waals surface area contributed by atoms with Gasteiger partial charge in [0.15, 0.2) is 0 Å². The molecule has 3 unspecified atom stereocenters. The minimum atomic E-state index is 0.390. The molecule has 0 radical (unpaired) electrons. The first-order chi connectivity index (χ1) is 9.40. The molecule has 0 spiro atoms. The fourth-order valence-corrected chi connectivity index (χ4v) is 4.33. The standard InChI is InChI=1S/C15H18N2S2/c1-18-10-12-14(11-6-3-2-4-7-11)16-17-15(12)13-8-5-9-19-13/h2-9,12,14-17H,10H2,1H3. The quantitative estimate of drug-likeness (QED) is 0.899. The Kier molecular flexibility index (Phi) is 4.23. The van der Waals surface area contributed by atoms with Crippen LogP contribution < -0.4 is 10.9 Å². The van der Waals surface area contributed by atoms with Gasteiger partial charge in [0.25, 0.3) is 0 Å². The Labute approximate surface area is 122 Å². The van der Waals surface area contributed by atoms with Crippen LogP contribution in [0.3, 0.4) is 0 Å². The maximum atomic E-state index is 3.49. The Morgan fingerprint density at radius 3 is 2.53 bits per heavy atom. The van der Waals surface area contributed by atoms with Gasteiger partial charge in [-0.25, -0.2) is 10.9 Å². The van der Waals surface area contributed by atoms with Crippen LogP contribution in [0.2, 0.25) is 0 Å². The van der Waals surface area contributed by atoms with Gasteiger partial charge in [-0.1, -0.05) is 36.4 Å². The topological polar surface area (TPSA) is 24.1 Å². The molecule has 0 amide bonds. The molecule has 1 fully saturated rings. The third-order valence-electron chi connectivity index (χ3n) is 3.62. The minimum Gasteiger partial charge on any atom is -0.249 e. The first-order valence-electron chi connectivity index (χ1n) is 6.48. The Morgan fingerprint density at radius 2 is 1.84 bits per heavy atom. The number of nitrogens with one attached hydrogen (secondary N) is 2. The van der Waals surface area contributed by atoms with E-state index in [1.165, 1.54) is 10.4 Å². The van der Waals surface area contributed by atoms with E-state index in [1.54, 1.807) is 0 Å². The highest BCUT2D eigenvalue weighted by atomic mass is 32.2. The second-order valence-electron chi connectivity index (χ2n) is 4.79. The summed E-state index contributed by atoms with van der Waals surface area (Å²) >= 11 is 3.76. The lowest BCUT2D eigenvalue weighted by Crippen LogP contribution is -2.26. The molecular formula is C15H18N2S2. The number of rotatable bonds is 4. The molecule has 3 atom stereocenters. The fraction of sp³-hybridized carbons (Fsp3) is 0.333. The molecule has 2 heterocycles. The molecule has 1 aromatic heterocycles. The second kappa shape index (κ2) is 6.09. The molecule has 4 heteroatoms. The molecule has 0 aliphatic carbocycles. The highest BCUT2D eigenvalue weighted by Gasteiger charge is 2.37. The number of hydrogen-bond donors (Lipinski definition) is 2. The normalized spacial score (nSPS) is 26.7. The van der Waals surface area contributed by atoms with Crippen molar-refractivity contribution in [3.63, 3.8) is 0 Å². The highest BCUT2D eigenvalue weighted by molar-refractivity contribution is 7.98. The van der Waals surface area contributed by atoms with Gasteiger partial charge >= 0.3 is 0 Å². The minimum absolute atomic E-state index is 0.390. The third kappa shape index (κ3) is 2.72. The van der Waals surface area contributed by atoms with Crippen molar-refractivity contribution in [2.75, 3.05) is 12.0 Å². The summed E-state index contributed by atoms with van der Waals surface area (Å²) < 4.78 is 0. The summed E-state index contributed by atoms with van der Waals surface area (Å²) in [5.41, 5.74) is 8.35. The van der Waals surface area contributed by atoms with E-state index in [2.05, 4.69) is 65.0 Å². The van der Waals surface area contributed by atoms with Gasteiger partial charge in [0.05, 0.1) is 12.1 Å². The molecule has 100 valence electrons. The Bertz CT molecular complexity index is 498. The lowest BCUT2D eigenvalue weighted by molar-refractivity contribution is 0.479. The van der Waals surface area contributed by atoms with Crippen molar-refractivity contribution in [3.05, 3.63) is 58.3 Å². The number of hydrogen-bond acceptors (Lipinski definition) is 4. The van der Waals surface area contributed by atoms with Gasteiger partial charge in [-0.3, -0.25) is 0 Å². The van der Waals surface area contributed by atoms with Gasteiger partial charge in [-0.15, -0.1) is 11.3 Å². The number of thioether (sulfide) groups is 1. The van der Waals surface area contributed by atoms with E-state index in [4.69, 9.17) is 0 Å². The van der Waals surface area contributed by atoms with Crippen LogP contribution in [0.4, 0.5) is 0 Å². The van der Waals surface area contributed by atoms with Crippen LogP contribution in [-0.2, 0) is 0 Å². The molecule has 19 heavy (non-hydrogen) atoms. The Hall–Kier alpha value is -0.810. The van der Waals surface area contributed by atoms with Crippen LogP contribution in [-0.4, -0.2) is 12.0 Å². The molecule has 1 aromatic carbocycles. The van der Waals surface area contributed by atoms with Crippen molar-refractivity contribution in [2.24, 2.45) is 5.92 Å². The van der Waals surface area contributed by atoms with Gasteiger partial charge < -0.3 is 0 Å². The number of thiophene rings is 1. The number of hydrazine groups is 1. The van der Waals surface area contributed by atoms with E-state index in [0.29, 0.717) is 18.0 Å². The molecular weight excluding hydrogens is 272 g/mol. The average molecular weight is 290 g/mol. The first kappa shape index (κ1) is 13.2. The lowest BCUT2D eigenvalue weighted by Gasteiger charge is -2.21. The van der Waals surface area contributed by atoms with E-state index >= 15 is 0 Å². The van der Waals surface area contributed by atoms with E-state index in [0.717, 1.165) is 5.75 Å². The molecule has 3 rings (SSSR count). The van der Waals surface area contributed by atoms with Gasteiger partial charge in [0.2, 0.25) is 0 Å².